The van der Waals surface area contributed by atoms with Gasteiger partial charge in [-0.25, -0.2) is 4.79 Å². The summed E-state index contributed by atoms with van der Waals surface area (Å²) in [5, 5.41) is 4.98. The maximum atomic E-state index is 13.0. The molecule has 24 heavy (non-hydrogen) atoms. The minimum Gasteiger partial charge on any atom is -0.381 e. The summed E-state index contributed by atoms with van der Waals surface area (Å²) in [5.74, 6) is 0. The molecule has 0 unspecified atom stereocenters. The molecule has 1 fully saturated rings. The number of nitrogens with zero attached hydrogens (tertiary/aromatic N) is 1. The normalized spacial score (nSPS) is 17.6. The van der Waals surface area contributed by atoms with E-state index in [9.17, 15) is 18.0 Å². The molecule has 0 bridgehead atoms. The van der Waals surface area contributed by atoms with Crippen molar-refractivity contribution >= 4 is 11.7 Å². The first-order valence-electron chi connectivity index (χ1n) is 7.71. The van der Waals surface area contributed by atoms with Crippen molar-refractivity contribution in [1.82, 2.24) is 10.2 Å². The highest BCUT2D eigenvalue weighted by atomic mass is 19.4. The average Bonchev–Trinajstić information content (AvgIpc) is 2.53. The van der Waals surface area contributed by atoms with Gasteiger partial charge in [-0.3, -0.25) is 0 Å². The van der Waals surface area contributed by atoms with Crippen LogP contribution in [0.1, 0.15) is 18.4 Å². The topological polar surface area (TPSA) is 53.6 Å². The molecular formula is C16H22F3N3O2. The SMILES string of the molecule is CN(C)C1(CNC(=O)Nc2ccccc2C(F)(F)F)CCOCC1. The fourth-order valence-electron chi connectivity index (χ4n) is 2.78. The van der Waals surface area contributed by atoms with Crippen molar-refractivity contribution in [3.63, 3.8) is 0 Å². The largest absolute Gasteiger partial charge is 0.418 e. The van der Waals surface area contributed by atoms with Crippen molar-refractivity contribution in [3.8, 4) is 0 Å². The molecule has 134 valence electrons. The first-order valence-corrected chi connectivity index (χ1v) is 7.71. The molecule has 1 aromatic carbocycles. The summed E-state index contributed by atoms with van der Waals surface area (Å²) in [6.45, 7) is 1.53. The van der Waals surface area contributed by atoms with E-state index >= 15 is 0 Å². The van der Waals surface area contributed by atoms with Gasteiger partial charge in [-0.15, -0.1) is 0 Å². The van der Waals surface area contributed by atoms with E-state index in [1.165, 1.54) is 18.2 Å². The molecule has 1 aliphatic heterocycles. The fraction of sp³-hybridized carbons (Fsp3) is 0.562. The standard InChI is InChI=1S/C16H22F3N3O2/c1-22(2)15(7-9-24-10-8-15)11-20-14(23)21-13-6-4-3-5-12(13)16(17,18)19/h3-6H,7-11H2,1-2H3,(H2,20,21,23). The number of hydrogen-bond acceptors (Lipinski definition) is 3. The van der Waals surface area contributed by atoms with Crippen LogP contribution in [0.2, 0.25) is 0 Å². The summed E-state index contributed by atoms with van der Waals surface area (Å²) in [4.78, 5) is 14.1. The Labute approximate surface area is 139 Å². The van der Waals surface area contributed by atoms with E-state index in [2.05, 4.69) is 10.6 Å². The van der Waals surface area contributed by atoms with Gasteiger partial charge in [0.1, 0.15) is 0 Å². The van der Waals surface area contributed by atoms with Gasteiger partial charge in [-0.2, -0.15) is 13.2 Å². The number of benzene rings is 1. The van der Waals surface area contributed by atoms with Gasteiger partial charge in [-0.1, -0.05) is 12.1 Å². The highest BCUT2D eigenvalue weighted by Gasteiger charge is 2.36. The molecule has 0 radical (unpaired) electrons. The van der Waals surface area contributed by atoms with Crippen molar-refractivity contribution in [3.05, 3.63) is 29.8 Å². The first-order chi connectivity index (χ1) is 11.2. The Bertz CT molecular complexity index is 570. The van der Waals surface area contributed by atoms with Crippen LogP contribution in [-0.4, -0.2) is 50.3 Å². The van der Waals surface area contributed by atoms with E-state index in [4.69, 9.17) is 4.74 Å². The van der Waals surface area contributed by atoms with Gasteiger partial charge in [0, 0.05) is 25.3 Å². The number of ether oxygens (including phenoxy) is 1. The van der Waals surface area contributed by atoms with Crippen molar-refractivity contribution in [1.29, 1.82) is 0 Å². The summed E-state index contributed by atoms with van der Waals surface area (Å²) < 4.78 is 44.2. The number of carbonyl (C=O) groups excluding carboxylic acids is 1. The molecule has 1 aliphatic rings. The molecule has 5 nitrogen and oxygen atoms in total. The van der Waals surface area contributed by atoms with Crippen LogP contribution in [0.5, 0.6) is 0 Å². The Morgan fingerprint density at radius 3 is 2.46 bits per heavy atom. The van der Waals surface area contributed by atoms with Crippen molar-refractivity contribution in [2.45, 2.75) is 24.6 Å². The van der Waals surface area contributed by atoms with Crippen LogP contribution in [-0.2, 0) is 10.9 Å². The summed E-state index contributed by atoms with van der Waals surface area (Å²) in [5.41, 5.74) is -1.37. The molecule has 0 aromatic heterocycles. The monoisotopic (exact) mass is 345 g/mol. The maximum absolute atomic E-state index is 13.0. The quantitative estimate of drug-likeness (QED) is 0.882. The summed E-state index contributed by atoms with van der Waals surface area (Å²) in [6, 6.07) is 4.26. The average molecular weight is 345 g/mol. The Morgan fingerprint density at radius 1 is 1.25 bits per heavy atom. The number of nitrogens with one attached hydrogen (secondary N) is 2. The van der Waals surface area contributed by atoms with E-state index < -0.39 is 17.8 Å². The van der Waals surface area contributed by atoms with Crippen LogP contribution in [0.15, 0.2) is 24.3 Å². The number of para-hydroxylation sites is 1. The number of anilines is 1. The molecule has 0 spiro atoms. The highest BCUT2D eigenvalue weighted by Crippen LogP contribution is 2.34. The fourth-order valence-corrected chi connectivity index (χ4v) is 2.78. The maximum Gasteiger partial charge on any atom is 0.418 e. The smallest absolute Gasteiger partial charge is 0.381 e. The Hall–Kier alpha value is -1.80. The third-order valence-corrected chi connectivity index (χ3v) is 4.43. The zero-order valence-electron chi connectivity index (χ0n) is 13.7. The highest BCUT2D eigenvalue weighted by molar-refractivity contribution is 5.90. The number of likely N-dealkylation sites (N-methyl/N-ethyl adjacent to an activating group) is 1. The predicted octanol–water partition coefficient (Wildman–Crippen LogP) is 2.94. The van der Waals surface area contributed by atoms with Crippen LogP contribution in [0.3, 0.4) is 0 Å². The summed E-state index contributed by atoms with van der Waals surface area (Å²) in [6.07, 6.45) is -3.02. The third kappa shape index (κ3) is 4.39. The van der Waals surface area contributed by atoms with Gasteiger partial charge < -0.3 is 20.3 Å². The van der Waals surface area contributed by atoms with Crippen LogP contribution < -0.4 is 10.6 Å². The van der Waals surface area contributed by atoms with E-state index in [1.807, 2.05) is 19.0 Å². The van der Waals surface area contributed by atoms with Crippen LogP contribution in [0, 0.1) is 0 Å². The van der Waals surface area contributed by atoms with Gasteiger partial charge in [0.2, 0.25) is 0 Å². The number of alkyl halides is 3. The molecule has 2 N–H and O–H groups in total. The molecule has 1 aromatic rings. The number of hydrogen-bond donors (Lipinski definition) is 2. The molecule has 1 saturated heterocycles. The molecule has 2 rings (SSSR count). The predicted molar refractivity (Wildman–Crippen MR) is 84.9 cm³/mol. The third-order valence-electron chi connectivity index (χ3n) is 4.43. The second kappa shape index (κ2) is 7.40. The lowest BCUT2D eigenvalue weighted by atomic mass is 9.88. The molecular weight excluding hydrogens is 323 g/mol. The van der Waals surface area contributed by atoms with Crippen molar-refractivity contribution in [2.75, 3.05) is 39.2 Å². The first kappa shape index (κ1) is 18.5. The molecule has 8 heteroatoms. The lowest BCUT2D eigenvalue weighted by Crippen LogP contribution is -2.56. The van der Waals surface area contributed by atoms with E-state index in [1.54, 1.807) is 0 Å². The number of amides is 2. The number of urea groups is 1. The zero-order valence-corrected chi connectivity index (χ0v) is 13.7. The van der Waals surface area contributed by atoms with E-state index in [0.717, 1.165) is 18.9 Å². The minimum absolute atomic E-state index is 0.251. The van der Waals surface area contributed by atoms with Gasteiger partial charge in [0.05, 0.1) is 11.3 Å². The Morgan fingerprint density at radius 2 is 1.88 bits per heavy atom. The van der Waals surface area contributed by atoms with E-state index in [0.29, 0.717) is 19.8 Å². The van der Waals surface area contributed by atoms with E-state index in [-0.39, 0.29) is 11.2 Å². The number of carbonyl (C=O) groups is 1. The number of halogens is 3. The molecule has 1 heterocycles. The van der Waals surface area contributed by atoms with Gasteiger partial charge >= 0.3 is 12.2 Å². The van der Waals surface area contributed by atoms with Crippen molar-refractivity contribution < 1.29 is 22.7 Å². The van der Waals surface area contributed by atoms with Crippen LogP contribution in [0.25, 0.3) is 0 Å². The van der Waals surface area contributed by atoms with Gasteiger partial charge in [0.25, 0.3) is 0 Å². The summed E-state index contributed by atoms with van der Waals surface area (Å²) >= 11 is 0. The van der Waals surface area contributed by atoms with Gasteiger partial charge in [-0.05, 0) is 39.1 Å². The van der Waals surface area contributed by atoms with Crippen LogP contribution >= 0.6 is 0 Å². The Kier molecular flexibility index (Phi) is 5.71. The molecule has 2 amide bonds. The lowest BCUT2D eigenvalue weighted by Gasteiger charge is -2.42. The summed E-state index contributed by atoms with van der Waals surface area (Å²) in [7, 11) is 3.84. The lowest BCUT2D eigenvalue weighted by molar-refractivity contribution is -0.136. The number of rotatable bonds is 4. The van der Waals surface area contributed by atoms with Crippen molar-refractivity contribution in [2.24, 2.45) is 0 Å². The van der Waals surface area contributed by atoms with Crippen LogP contribution in [0.4, 0.5) is 23.7 Å². The second-order valence-corrected chi connectivity index (χ2v) is 6.08. The minimum atomic E-state index is -4.52. The molecule has 0 aliphatic carbocycles. The molecule has 0 atom stereocenters. The second-order valence-electron chi connectivity index (χ2n) is 6.08. The zero-order chi connectivity index (χ0) is 17.8. The molecule has 0 saturated carbocycles. The Balaban J connectivity index is 2.01. The van der Waals surface area contributed by atoms with Gasteiger partial charge in [0.15, 0.2) is 0 Å².